The summed E-state index contributed by atoms with van der Waals surface area (Å²) in [6.07, 6.45) is 0.00808. The van der Waals surface area contributed by atoms with Gasteiger partial charge in [0.2, 0.25) is 0 Å². The zero-order valence-corrected chi connectivity index (χ0v) is 15.3. The molecule has 27 heavy (non-hydrogen) atoms. The van der Waals surface area contributed by atoms with E-state index in [4.69, 9.17) is 20.9 Å². The van der Waals surface area contributed by atoms with Crippen LogP contribution in [0.25, 0.3) is 11.3 Å². The summed E-state index contributed by atoms with van der Waals surface area (Å²) in [6.45, 7) is 0. The summed E-state index contributed by atoms with van der Waals surface area (Å²) in [6, 6.07) is 17.2. The molecular formula is C20H17ClN2O4. The Morgan fingerprint density at radius 2 is 1.85 bits per heavy atom. The predicted molar refractivity (Wildman–Crippen MR) is 100 cm³/mol. The Labute approximate surface area is 161 Å². The van der Waals surface area contributed by atoms with Gasteiger partial charge in [0.1, 0.15) is 0 Å². The number of aromatic nitrogens is 1. The second-order valence-electron chi connectivity index (χ2n) is 5.80. The second-order valence-corrected chi connectivity index (χ2v) is 6.24. The molecule has 1 atom stereocenters. The number of ether oxygens (including phenoxy) is 1. The molecule has 0 spiro atoms. The molecule has 1 N–H and O–H groups in total. The van der Waals surface area contributed by atoms with Crippen LogP contribution in [0, 0.1) is 0 Å². The van der Waals surface area contributed by atoms with E-state index < -0.39 is 17.9 Å². The number of benzene rings is 2. The molecule has 7 heteroatoms. The van der Waals surface area contributed by atoms with E-state index in [1.165, 1.54) is 7.11 Å². The third kappa shape index (κ3) is 4.74. The molecule has 1 heterocycles. The minimum absolute atomic E-state index is 0.00808. The number of amides is 1. The Hall–Kier alpha value is -3.12. The average molecular weight is 385 g/mol. The minimum atomic E-state index is -0.540. The van der Waals surface area contributed by atoms with Crippen molar-refractivity contribution in [3.05, 3.63) is 76.9 Å². The fourth-order valence-electron chi connectivity index (χ4n) is 2.55. The standard InChI is InChI=1S/C20H17ClN2O4/c1-26-19(24)12-16(13-5-3-2-4-6-13)22-20(25)17-11-18(27-23-17)14-7-9-15(21)10-8-14/h2-11,16H,12H2,1H3,(H,22,25). The van der Waals surface area contributed by atoms with Gasteiger partial charge in [-0.05, 0) is 29.8 Å². The van der Waals surface area contributed by atoms with Gasteiger partial charge in [-0.15, -0.1) is 0 Å². The minimum Gasteiger partial charge on any atom is -0.469 e. The highest BCUT2D eigenvalue weighted by molar-refractivity contribution is 6.30. The van der Waals surface area contributed by atoms with E-state index in [1.54, 1.807) is 30.3 Å². The zero-order valence-electron chi connectivity index (χ0n) is 14.5. The Bertz CT molecular complexity index is 923. The maximum Gasteiger partial charge on any atom is 0.307 e. The maximum absolute atomic E-state index is 12.6. The van der Waals surface area contributed by atoms with Crippen molar-refractivity contribution in [2.75, 3.05) is 7.11 Å². The maximum atomic E-state index is 12.6. The topological polar surface area (TPSA) is 81.4 Å². The SMILES string of the molecule is COC(=O)CC(NC(=O)c1cc(-c2ccc(Cl)cc2)on1)c1ccccc1. The lowest BCUT2D eigenvalue weighted by Crippen LogP contribution is -2.30. The van der Waals surface area contributed by atoms with Crippen LogP contribution in [-0.2, 0) is 9.53 Å². The van der Waals surface area contributed by atoms with E-state index >= 15 is 0 Å². The lowest BCUT2D eigenvalue weighted by Gasteiger charge is -2.17. The molecule has 0 radical (unpaired) electrons. The molecule has 3 aromatic rings. The molecule has 0 fully saturated rings. The molecule has 138 valence electrons. The number of methoxy groups -OCH3 is 1. The van der Waals surface area contributed by atoms with Crippen molar-refractivity contribution < 1.29 is 18.8 Å². The van der Waals surface area contributed by atoms with Crippen molar-refractivity contribution in [2.45, 2.75) is 12.5 Å². The van der Waals surface area contributed by atoms with Crippen LogP contribution in [0.3, 0.4) is 0 Å². The van der Waals surface area contributed by atoms with Crippen molar-refractivity contribution in [1.29, 1.82) is 0 Å². The van der Waals surface area contributed by atoms with Gasteiger partial charge < -0.3 is 14.6 Å². The van der Waals surface area contributed by atoms with Crippen LogP contribution in [0.2, 0.25) is 5.02 Å². The summed E-state index contributed by atoms with van der Waals surface area (Å²) in [5, 5.41) is 7.23. The van der Waals surface area contributed by atoms with E-state index in [-0.39, 0.29) is 12.1 Å². The predicted octanol–water partition coefficient (Wildman–Crippen LogP) is 4.03. The smallest absolute Gasteiger partial charge is 0.307 e. The second kappa shape index (κ2) is 8.51. The number of nitrogens with one attached hydrogen (secondary N) is 1. The van der Waals surface area contributed by atoms with Gasteiger partial charge in [-0.3, -0.25) is 9.59 Å². The molecule has 0 saturated carbocycles. The lowest BCUT2D eigenvalue weighted by molar-refractivity contribution is -0.141. The summed E-state index contributed by atoms with van der Waals surface area (Å²) in [5.74, 6) is -0.427. The van der Waals surface area contributed by atoms with Crippen molar-refractivity contribution >= 4 is 23.5 Å². The van der Waals surface area contributed by atoms with Crippen LogP contribution in [0.5, 0.6) is 0 Å². The lowest BCUT2D eigenvalue weighted by atomic mass is 10.0. The van der Waals surface area contributed by atoms with Crippen molar-refractivity contribution in [3.63, 3.8) is 0 Å². The highest BCUT2D eigenvalue weighted by atomic mass is 35.5. The van der Waals surface area contributed by atoms with Gasteiger partial charge in [0.25, 0.3) is 5.91 Å². The zero-order chi connectivity index (χ0) is 19.2. The number of carbonyl (C=O) groups excluding carboxylic acids is 2. The molecule has 1 aromatic heterocycles. The highest BCUT2D eigenvalue weighted by Gasteiger charge is 2.22. The number of rotatable bonds is 6. The summed E-state index contributed by atoms with van der Waals surface area (Å²) in [5.41, 5.74) is 1.66. The quantitative estimate of drug-likeness (QED) is 0.649. The molecule has 0 bridgehead atoms. The van der Waals surface area contributed by atoms with E-state index in [0.717, 1.165) is 11.1 Å². The Morgan fingerprint density at radius 1 is 1.15 bits per heavy atom. The van der Waals surface area contributed by atoms with Gasteiger partial charge >= 0.3 is 5.97 Å². The number of esters is 1. The van der Waals surface area contributed by atoms with Gasteiger partial charge in [0, 0.05) is 16.7 Å². The molecule has 1 amide bonds. The van der Waals surface area contributed by atoms with Gasteiger partial charge in [-0.2, -0.15) is 0 Å². The number of halogens is 1. The molecule has 0 saturated heterocycles. The van der Waals surface area contributed by atoms with Crippen molar-refractivity contribution in [1.82, 2.24) is 10.5 Å². The monoisotopic (exact) mass is 384 g/mol. The van der Waals surface area contributed by atoms with Crippen molar-refractivity contribution in [3.8, 4) is 11.3 Å². The van der Waals surface area contributed by atoms with Crippen LogP contribution in [0.15, 0.2) is 65.2 Å². The van der Waals surface area contributed by atoms with E-state index in [2.05, 4.69) is 10.5 Å². The Morgan fingerprint density at radius 3 is 2.52 bits per heavy atom. The molecule has 1 unspecified atom stereocenters. The molecule has 3 rings (SSSR count). The summed E-state index contributed by atoms with van der Waals surface area (Å²) in [7, 11) is 1.31. The molecule has 0 aliphatic carbocycles. The summed E-state index contributed by atoms with van der Waals surface area (Å²) >= 11 is 5.88. The third-order valence-electron chi connectivity index (χ3n) is 3.98. The Kier molecular flexibility index (Phi) is 5.88. The first kappa shape index (κ1) is 18.7. The molecule has 0 aliphatic heterocycles. The first-order valence-corrected chi connectivity index (χ1v) is 8.60. The fraction of sp³-hybridized carbons (Fsp3) is 0.150. The van der Waals surface area contributed by atoms with Crippen LogP contribution < -0.4 is 5.32 Å². The fourth-order valence-corrected chi connectivity index (χ4v) is 2.68. The van der Waals surface area contributed by atoms with Crippen molar-refractivity contribution in [2.24, 2.45) is 0 Å². The van der Waals surface area contributed by atoms with Crippen LogP contribution >= 0.6 is 11.6 Å². The van der Waals surface area contributed by atoms with E-state index in [1.807, 2.05) is 30.3 Å². The molecule has 0 aliphatic rings. The first-order valence-electron chi connectivity index (χ1n) is 8.22. The molecule has 6 nitrogen and oxygen atoms in total. The molecule has 2 aromatic carbocycles. The normalized spacial score (nSPS) is 11.6. The van der Waals surface area contributed by atoms with Gasteiger partial charge in [0.15, 0.2) is 11.5 Å². The third-order valence-corrected chi connectivity index (χ3v) is 4.23. The van der Waals surface area contributed by atoms with Crippen LogP contribution in [0.1, 0.15) is 28.5 Å². The van der Waals surface area contributed by atoms with Crippen LogP contribution in [-0.4, -0.2) is 24.1 Å². The van der Waals surface area contributed by atoms with Gasteiger partial charge in [-0.25, -0.2) is 0 Å². The summed E-state index contributed by atoms with van der Waals surface area (Å²) < 4.78 is 9.98. The number of hydrogen-bond donors (Lipinski definition) is 1. The molecular weight excluding hydrogens is 368 g/mol. The van der Waals surface area contributed by atoms with Gasteiger partial charge in [-0.1, -0.05) is 47.1 Å². The average Bonchev–Trinajstić information content (AvgIpc) is 3.19. The number of carbonyl (C=O) groups is 2. The number of nitrogens with zero attached hydrogens (tertiary/aromatic N) is 1. The highest BCUT2D eigenvalue weighted by Crippen LogP contribution is 2.23. The largest absolute Gasteiger partial charge is 0.469 e. The van der Waals surface area contributed by atoms with E-state index in [9.17, 15) is 9.59 Å². The Balaban J connectivity index is 1.77. The number of hydrogen-bond acceptors (Lipinski definition) is 5. The van der Waals surface area contributed by atoms with Gasteiger partial charge in [0.05, 0.1) is 19.6 Å². The summed E-state index contributed by atoms with van der Waals surface area (Å²) in [4.78, 5) is 24.3. The first-order chi connectivity index (χ1) is 13.1. The van der Waals surface area contributed by atoms with Crippen LogP contribution in [0.4, 0.5) is 0 Å². The van der Waals surface area contributed by atoms with E-state index in [0.29, 0.717) is 10.8 Å².